The second-order valence-corrected chi connectivity index (χ2v) is 8.29. The second-order valence-electron chi connectivity index (χ2n) is 7.85. The van der Waals surface area contributed by atoms with Crippen LogP contribution in [0.5, 0.6) is 0 Å². The molecule has 0 bridgehead atoms. The van der Waals surface area contributed by atoms with Crippen molar-refractivity contribution in [3.8, 4) is 0 Å². The summed E-state index contributed by atoms with van der Waals surface area (Å²) >= 11 is 5.90. The first kappa shape index (κ1) is 24.1. The summed E-state index contributed by atoms with van der Waals surface area (Å²) in [6, 6.07) is 17.7. The van der Waals surface area contributed by atoms with Crippen LogP contribution in [0.3, 0.4) is 0 Å². The number of anilines is 2. The van der Waals surface area contributed by atoms with Gasteiger partial charge in [0.15, 0.2) is 0 Å². The highest BCUT2D eigenvalue weighted by Crippen LogP contribution is 2.43. The van der Waals surface area contributed by atoms with Gasteiger partial charge >= 0.3 is 5.97 Å². The van der Waals surface area contributed by atoms with E-state index in [1.165, 1.54) is 42.5 Å². The average Bonchev–Trinajstić information content (AvgIpc) is 2.95. The van der Waals surface area contributed by atoms with Gasteiger partial charge in [-0.05, 0) is 48.5 Å². The molecule has 9 heteroatoms. The summed E-state index contributed by atoms with van der Waals surface area (Å²) in [5.41, 5.74) is -1.00. The van der Waals surface area contributed by atoms with Crippen molar-refractivity contribution in [3.05, 3.63) is 100 Å². The molecular weight excluding hydrogens is 478 g/mol. The molecule has 0 spiro atoms. The first-order chi connectivity index (χ1) is 16.7. The van der Waals surface area contributed by atoms with Crippen molar-refractivity contribution in [3.63, 3.8) is 0 Å². The van der Waals surface area contributed by atoms with Crippen LogP contribution in [-0.2, 0) is 4.79 Å². The Labute approximate surface area is 204 Å². The number of fused-ring (bicyclic) bond motifs is 1. The number of alkyl halides is 2. The quantitative estimate of drug-likeness (QED) is 0.180. The van der Waals surface area contributed by atoms with Crippen LogP contribution in [0, 0.1) is 0 Å². The van der Waals surface area contributed by atoms with E-state index in [1.807, 2.05) is 0 Å². The maximum atomic E-state index is 15.1. The molecule has 0 aromatic heterocycles. The summed E-state index contributed by atoms with van der Waals surface area (Å²) in [7, 11) is 0. The molecule has 0 unspecified atom stereocenters. The Morgan fingerprint density at radius 2 is 1.66 bits per heavy atom. The van der Waals surface area contributed by atoms with Crippen molar-refractivity contribution in [2.45, 2.75) is 12.3 Å². The first-order valence-corrected chi connectivity index (χ1v) is 11.0. The van der Waals surface area contributed by atoms with Crippen LogP contribution in [0.15, 0.2) is 78.4 Å². The van der Waals surface area contributed by atoms with Gasteiger partial charge in [0.05, 0.1) is 0 Å². The van der Waals surface area contributed by atoms with Gasteiger partial charge in [-0.2, -0.15) is 0 Å². The van der Waals surface area contributed by atoms with Crippen molar-refractivity contribution in [2.24, 2.45) is 0 Å². The van der Waals surface area contributed by atoms with Gasteiger partial charge in [0.2, 0.25) is 5.78 Å². The molecule has 1 aliphatic heterocycles. The summed E-state index contributed by atoms with van der Waals surface area (Å²) in [5.74, 6) is -6.80. The van der Waals surface area contributed by atoms with Crippen LogP contribution in [0.2, 0.25) is 5.02 Å². The third-order valence-corrected chi connectivity index (χ3v) is 5.73. The number of nitrogens with one attached hydrogen (secondary N) is 2. The van der Waals surface area contributed by atoms with E-state index in [4.69, 9.17) is 11.6 Å². The molecule has 0 saturated heterocycles. The van der Waals surface area contributed by atoms with E-state index in [9.17, 15) is 19.5 Å². The highest BCUT2D eigenvalue weighted by molar-refractivity contribution is 6.31. The second kappa shape index (κ2) is 9.68. The van der Waals surface area contributed by atoms with Crippen molar-refractivity contribution in [1.82, 2.24) is 0 Å². The Morgan fingerprint density at radius 3 is 2.34 bits per heavy atom. The highest BCUT2D eigenvalue weighted by Gasteiger charge is 2.43. The predicted molar refractivity (Wildman–Crippen MR) is 129 cm³/mol. The molecule has 1 aliphatic rings. The minimum Gasteiger partial charge on any atom is -0.478 e. The molecule has 35 heavy (non-hydrogen) atoms. The van der Waals surface area contributed by atoms with Gasteiger partial charge < -0.3 is 15.7 Å². The lowest BCUT2D eigenvalue weighted by atomic mass is 9.88. The number of halogens is 3. The molecular formula is C26H19ClF2N2O4. The van der Waals surface area contributed by atoms with Crippen LogP contribution in [0.4, 0.5) is 20.2 Å². The molecule has 0 radical (unpaired) electrons. The highest BCUT2D eigenvalue weighted by atomic mass is 35.5. The van der Waals surface area contributed by atoms with E-state index in [-0.39, 0.29) is 17.7 Å². The van der Waals surface area contributed by atoms with E-state index in [0.717, 1.165) is 0 Å². The van der Waals surface area contributed by atoms with Crippen LogP contribution in [-0.4, -0.2) is 35.2 Å². The molecule has 1 amide bonds. The molecule has 0 saturated carbocycles. The standard InChI is InChI=1S/C26H19ClF2N2O4/c27-17-5-3-4-16(14-17)24(33)31-18-10-8-15(9-11-18)23(32)21(25(34)35)22-19-6-1-2-7-20(19)30-13-12-26(22,28)29/h1-11,14,30H,12-13H2,(H,31,33)(H,34,35). The molecule has 1 heterocycles. The number of amides is 1. The Kier molecular flexibility index (Phi) is 6.66. The van der Waals surface area contributed by atoms with Gasteiger partial charge in [0.25, 0.3) is 11.8 Å². The number of rotatable bonds is 5. The molecule has 178 valence electrons. The average molecular weight is 497 g/mol. The number of carboxylic acids is 1. The Morgan fingerprint density at radius 1 is 0.943 bits per heavy atom. The molecule has 3 N–H and O–H groups in total. The lowest BCUT2D eigenvalue weighted by Gasteiger charge is -2.20. The van der Waals surface area contributed by atoms with Crippen molar-refractivity contribution in [1.29, 1.82) is 0 Å². The van der Waals surface area contributed by atoms with Crippen molar-refractivity contribution < 1.29 is 28.3 Å². The third kappa shape index (κ3) is 5.07. The SMILES string of the molecule is O=C(O)C(C(=O)c1ccc(NC(=O)c2cccc(Cl)c2)cc1)=C1c2ccccc2NCCC1(F)F. The Balaban J connectivity index is 1.69. The number of carbonyl (C=O) groups is 3. The summed E-state index contributed by atoms with van der Waals surface area (Å²) in [6.45, 7) is -0.0877. The fourth-order valence-electron chi connectivity index (χ4n) is 3.85. The maximum Gasteiger partial charge on any atom is 0.340 e. The number of carbonyl (C=O) groups excluding carboxylic acids is 2. The zero-order valence-corrected chi connectivity index (χ0v) is 18.9. The van der Waals surface area contributed by atoms with E-state index < -0.39 is 41.1 Å². The fraction of sp³-hybridized carbons (Fsp3) is 0.115. The predicted octanol–water partition coefficient (Wildman–Crippen LogP) is 5.76. The van der Waals surface area contributed by atoms with Gasteiger partial charge in [-0.1, -0.05) is 35.9 Å². The minimum absolute atomic E-state index is 0.0360. The molecule has 0 atom stereocenters. The summed E-state index contributed by atoms with van der Waals surface area (Å²) in [4.78, 5) is 37.7. The lowest BCUT2D eigenvalue weighted by molar-refractivity contribution is -0.132. The van der Waals surface area contributed by atoms with E-state index >= 15 is 8.78 Å². The topological polar surface area (TPSA) is 95.5 Å². The van der Waals surface area contributed by atoms with Gasteiger partial charge in [-0.3, -0.25) is 9.59 Å². The number of Topliss-reactive ketones (excluding diaryl/α,β-unsaturated/α-hetero) is 1. The molecule has 0 aliphatic carbocycles. The largest absolute Gasteiger partial charge is 0.478 e. The van der Waals surface area contributed by atoms with Crippen molar-refractivity contribution in [2.75, 3.05) is 17.2 Å². The number of hydrogen-bond donors (Lipinski definition) is 3. The molecule has 0 fully saturated rings. The first-order valence-electron chi connectivity index (χ1n) is 10.6. The van der Waals surface area contributed by atoms with E-state index in [0.29, 0.717) is 22.0 Å². The monoisotopic (exact) mass is 496 g/mol. The summed E-state index contributed by atoms with van der Waals surface area (Å²) in [5, 5.41) is 15.7. The van der Waals surface area contributed by atoms with Crippen LogP contribution in [0.25, 0.3) is 5.57 Å². The van der Waals surface area contributed by atoms with Gasteiger partial charge in [0.1, 0.15) is 5.57 Å². The fourth-order valence-corrected chi connectivity index (χ4v) is 4.04. The van der Waals surface area contributed by atoms with Gasteiger partial charge in [-0.25, -0.2) is 13.6 Å². The number of hydrogen-bond acceptors (Lipinski definition) is 4. The number of aliphatic carboxylic acids is 1. The number of benzene rings is 3. The van der Waals surface area contributed by atoms with E-state index in [2.05, 4.69) is 10.6 Å². The smallest absolute Gasteiger partial charge is 0.340 e. The molecule has 3 aromatic rings. The van der Waals surface area contributed by atoms with E-state index in [1.54, 1.807) is 30.3 Å². The van der Waals surface area contributed by atoms with Crippen LogP contribution in [0.1, 0.15) is 32.7 Å². The van der Waals surface area contributed by atoms with Crippen LogP contribution >= 0.6 is 11.6 Å². The van der Waals surface area contributed by atoms with Gasteiger partial charge in [0, 0.05) is 51.6 Å². The molecule has 4 rings (SSSR count). The van der Waals surface area contributed by atoms with Crippen LogP contribution < -0.4 is 10.6 Å². The zero-order valence-electron chi connectivity index (χ0n) is 18.1. The number of ketones is 1. The minimum atomic E-state index is -3.55. The summed E-state index contributed by atoms with van der Waals surface area (Å²) in [6.07, 6.45) is -0.671. The maximum absolute atomic E-state index is 15.1. The normalized spacial score (nSPS) is 15.7. The Bertz CT molecular complexity index is 1350. The Hall–Kier alpha value is -4.04. The molecule has 6 nitrogen and oxygen atoms in total. The van der Waals surface area contributed by atoms with Crippen molar-refractivity contribution >= 4 is 46.2 Å². The van der Waals surface area contributed by atoms with Gasteiger partial charge in [-0.15, -0.1) is 0 Å². The lowest BCUT2D eigenvalue weighted by Crippen LogP contribution is -2.26. The number of allylic oxidation sites excluding steroid dienone is 1. The number of carboxylic acid groups (broad SMARTS) is 1. The third-order valence-electron chi connectivity index (χ3n) is 5.50. The summed E-state index contributed by atoms with van der Waals surface area (Å²) < 4.78 is 30.2. The molecule has 3 aromatic carbocycles. The zero-order chi connectivity index (χ0) is 25.2. The number of para-hydroxylation sites is 1.